The summed E-state index contributed by atoms with van der Waals surface area (Å²) in [6.45, 7) is 7.42. The minimum Gasteiger partial charge on any atom is -1.00 e. The van der Waals surface area contributed by atoms with Crippen molar-refractivity contribution in [1.29, 1.82) is 0 Å². The van der Waals surface area contributed by atoms with Gasteiger partial charge < -0.3 is 17.5 Å². The molecule has 0 aliphatic heterocycles. The smallest absolute Gasteiger partial charge is 0.433 e. The molecule has 4 nitrogen and oxygen atoms in total. The second-order valence-electron chi connectivity index (χ2n) is 7.75. The molecule has 0 bridgehead atoms. The lowest BCUT2D eigenvalue weighted by Gasteiger charge is -2.33. The highest BCUT2D eigenvalue weighted by atomic mass is 35.5. The fourth-order valence-corrected chi connectivity index (χ4v) is 3.21. The first-order valence-corrected chi connectivity index (χ1v) is 10.9. The van der Waals surface area contributed by atoms with Crippen LogP contribution in [-0.2, 0) is 5.60 Å². The van der Waals surface area contributed by atoms with Crippen molar-refractivity contribution in [2.75, 3.05) is 24.5 Å². The van der Waals surface area contributed by atoms with E-state index in [1.165, 1.54) is 4.90 Å². The van der Waals surface area contributed by atoms with Crippen LogP contribution in [0.5, 0.6) is 0 Å². The number of benzene rings is 1. The number of anilines is 1. The third-order valence-corrected chi connectivity index (χ3v) is 5.24. The van der Waals surface area contributed by atoms with Crippen molar-refractivity contribution < 1.29 is 43.9 Å². The van der Waals surface area contributed by atoms with Gasteiger partial charge in [0, 0.05) is 5.56 Å². The molecular formula is C22H32ClF6N3O. The van der Waals surface area contributed by atoms with Gasteiger partial charge in [0.2, 0.25) is 0 Å². The lowest BCUT2D eigenvalue weighted by atomic mass is 9.92. The Bertz CT molecular complexity index is 688. The van der Waals surface area contributed by atoms with Crippen molar-refractivity contribution in [3.63, 3.8) is 0 Å². The van der Waals surface area contributed by atoms with Crippen molar-refractivity contribution in [2.45, 2.75) is 77.2 Å². The summed E-state index contributed by atoms with van der Waals surface area (Å²) in [5.41, 5.74) is -6.07. The van der Waals surface area contributed by atoms with E-state index in [1.807, 2.05) is 20.8 Å². The summed E-state index contributed by atoms with van der Waals surface area (Å²) in [6, 6.07) is 3.32. The summed E-state index contributed by atoms with van der Waals surface area (Å²) in [5, 5.41) is 20.5. The average molecular weight is 504 g/mol. The fourth-order valence-electron chi connectivity index (χ4n) is 3.21. The van der Waals surface area contributed by atoms with Crippen molar-refractivity contribution >= 4 is 11.6 Å². The Labute approximate surface area is 197 Å². The number of hydrogen-bond acceptors (Lipinski definition) is 1. The van der Waals surface area contributed by atoms with Crippen LogP contribution in [0.15, 0.2) is 24.3 Å². The zero-order chi connectivity index (χ0) is 24.6. The van der Waals surface area contributed by atoms with E-state index in [2.05, 4.69) is 0 Å². The van der Waals surface area contributed by atoms with Crippen molar-refractivity contribution in [2.24, 2.45) is 0 Å². The molecule has 0 aliphatic carbocycles. The van der Waals surface area contributed by atoms with E-state index >= 15 is 0 Å². The topological polar surface area (TPSA) is 49.0 Å². The van der Waals surface area contributed by atoms with Crippen LogP contribution in [0.4, 0.5) is 32.0 Å². The summed E-state index contributed by atoms with van der Waals surface area (Å²) in [4.78, 5) is 3.26. The molecule has 0 spiro atoms. The maximum Gasteiger partial charge on any atom is 0.433 e. The summed E-state index contributed by atoms with van der Waals surface area (Å²) in [5.74, 6) is -0.0880. The van der Waals surface area contributed by atoms with Crippen molar-refractivity contribution in [1.82, 2.24) is 10.3 Å². The summed E-state index contributed by atoms with van der Waals surface area (Å²) in [7, 11) is 0. The maximum absolute atomic E-state index is 13.2. The lowest BCUT2D eigenvalue weighted by Crippen LogP contribution is -3.00. The van der Waals surface area contributed by atoms with Gasteiger partial charge in [0.25, 0.3) is 5.60 Å². The first kappa shape index (κ1) is 31.3. The lowest BCUT2D eigenvalue weighted by molar-refractivity contribution is -0.376. The van der Waals surface area contributed by atoms with Gasteiger partial charge in [0.15, 0.2) is 0 Å². The second kappa shape index (κ2) is 13.3. The number of alkyl halides is 6. The van der Waals surface area contributed by atoms with Crippen LogP contribution in [0.25, 0.3) is 0 Å². The molecule has 0 saturated heterocycles. The van der Waals surface area contributed by atoms with Crippen LogP contribution in [0.1, 0.15) is 64.9 Å². The number of halogens is 7. The molecule has 0 aliphatic rings. The molecule has 1 rings (SSSR count). The number of rotatable bonds is 11. The number of unbranched alkanes of at least 4 members (excludes halogenated alkanes) is 3. The van der Waals surface area contributed by atoms with Crippen LogP contribution in [0, 0.1) is 0 Å². The summed E-state index contributed by atoms with van der Waals surface area (Å²) in [6.07, 6.45) is -7.04. The molecule has 0 saturated carbocycles. The van der Waals surface area contributed by atoms with Crippen LogP contribution in [-0.4, -0.2) is 48.0 Å². The molecule has 0 fully saturated rings. The highest BCUT2D eigenvalue weighted by molar-refractivity contribution is 5.94. The third-order valence-electron chi connectivity index (χ3n) is 5.24. The van der Waals surface area contributed by atoms with Crippen LogP contribution in [0.2, 0.25) is 0 Å². The largest absolute Gasteiger partial charge is 1.00 e. The predicted molar refractivity (Wildman–Crippen MR) is 113 cm³/mol. The van der Waals surface area contributed by atoms with Crippen LogP contribution >= 0.6 is 0 Å². The Balaban J connectivity index is 0.0000102. The molecule has 2 radical (unpaired) electrons. The fraction of sp³-hybridized carbons (Fsp3) is 0.682. The molecule has 0 amide bonds. The Morgan fingerprint density at radius 3 is 1.55 bits per heavy atom. The molecule has 1 aromatic carbocycles. The first-order chi connectivity index (χ1) is 14.8. The van der Waals surface area contributed by atoms with Crippen molar-refractivity contribution in [3.05, 3.63) is 29.8 Å². The van der Waals surface area contributed by atoms with Gasteiger partial charge in [-0.1, -0.05) is 52.2 Å². The Kier molecular flexibility index (Phi) is 12.6. The molecule has 0 unspecified atom stereocenters. The number of guanidine groups is 1. The number of hydrogen-bond donors (Lipinski definition) is 1. The molecule has 190 valence electrons. The quantitative estimate of drug-likeness (QED) is 0.287. The van der Waals surface area contributed by atoms with E-state index in [0.717, 1.165) is 44.2 Å². The van der Waals surface area contributed by atoms with Gasteiger partial charge in [-0.25, -0.2) is 4.90 Å². The van der Waals surface area contributed by atoms with E-state index < -0.39 is 23.5 Å². The molecule has 0 aromatic heterocycles. The zero-order valence-corrected chi connectivity index (χ0v) is 19.9. The van der Waals surface area contributed by atoms with Gasteiger partial charge in [-0.3, -0.25) is 4.90 Å². The Morgan fingerprint density at radius 2 is 1.18 bits per heavy atom. The molecule has 1 aromatic rings. The molecule has 33 heavy (non-hydrogen) atoms. The number of nitrogens with zero attached hydrogens (tertiary/aromatic N) is 3. The standard InChI is InChI=1S/C22H32F6N3O.ClH/c1-4-7-14-30(15-8-5-2)19(29)31(16-9-6-3)18-12-10-17(11-13-18)20(32,21(23,24)25)22(26,27)28;/h10-13,32H,4-9,14-16H2,1-3H3;1H/q+1;/p-1. The maximum atomic E-state index is 13.2. The molecular weight excluding hydrogens is 472 g/mol. The SMILES string of the molecule is CCCCN(CCCC)C(=[N+])N(CCCC)c1ccc(C(O)(C(F)(F)F)C(F)(F)F)cc1.[Cl-]. The van der Waals surface area contributed by atoms with Gasteiger partial charge in [-0.2, -0.15) is 26.3 Å². The summed E-state index contributed by atoms with van der Waals surface area (Å²) < 4.78 is 78.9. The molecule has 0 heterocycles. The first-order valence-electron chi connectivity index (χ1n) is 10.9. The normalized spacial score (nSPS) is 12.3. The third kappa shape index (κ3) is 7.67. The molecule has 11 heteroatoms. The molecule has 1 N–H and O–H groups in total. The minimum atomic E-state index is -5.94. The van der Waals surface area contributed by atoms with Crippen molar-refractivity contribution in [3.8, 4) is 0 Å². The highest BCUT2D eigenvalue weighted by Crippen LogP contribution is 2.50. The van der Waals surface area contributed by atoms with Crippen LogP contribution in [0.3, 0.4) is 0 Å². The second-order valence-corrected chi connectivity index (χ2v) is 7.75. The predicted octanol–water partition coefficient (Wildman–Crippen LogP) is 2.67. The van der Waals surface area contributed by atoms with E-state index in [0.29, 0.717) is 38.2 Å². The van der Waals surface area contributed by atoms with Gasteiger partial charge in [-0.05, 0) is 31.4 Å². The van der Waals surface area contributed by atoms with Gasteiger partial charge in [0.05, 0.1) is 19.6 Å². The van der Waals surface area contributed by atoms with E-state index in [-0.39, 0.29) is 24.1 Å². The molecule has 0 atom stereocenters. The highest BCUT2D eigenvalue weighted by Gasteiger charge is 2.71. The van der Waals surface area contributed by atoms with E-state index in [4.69, 9.17) is 0 Å². The minimum absolute atomic E-state index is 0. The Morgan fingerprint density at radius 1 is 0.788 bits per heavy atom. The van der Waals surface area contributed by atoms with Gasteiger partial charge in [0.1, 0.15) is 11.1 Å². The van der Waals surface area contributed by atoms with Gasteiger partial charge in [-0.15, -0.1) is 0 Å². The average Bonchev–Trinajstić information content (AvgIpc) is 2.72. The number of aliphatic hydroxyl groups is 1. The monoisotopic (exact) mass is 503 g/mol. The Hall–Kier alpha value is -1.68. The van der Waals surface area contributed by atoms with E-state index in [9.17, 15) is 36.9 Å². The zero-order valence-electron chi connectivity index (χ0n) is 19.1. The van der Waals surface area contributed by atoms with Gasteiger partial charge >= 0.3 is 18.3 Å². The summed E-state index contributed by atoms with van der Waals surface area (Å²) >= 11 is 0. The van der Waals surface area contributed by atoms with Crippen LogP contribution < -0.4 is 22.7 Å². The van der Waals surface area contributed by atoms with E-state index in [1.54, 1.807) is 4.90 Å².